The van der Waals surface area contributed by atoms with E-state index in [9.17, 15) is 14.7 Å². The lowest BCUT2D eigenvalue weighted by Gasteiger charge is -2.22. The van der Waals surface area contributed by atoms with Gasteiger partial charge in [-0.1, -0.05) is 60.1 Å². The molecule has 0 radical (unpaired) electrons. The molecule has 3 rings (SSSR count). The molecule has 7 nitrogen and oxygen atoms in total. The Labute approximate surface area is 178 Å². The van der Waals surface area contributed by atoms with E-state index in [4.69, 9.17) is 16.3 Å². The van der Waals surface area contributed by atoms with Crippen molar-refractivity contribution in [2.75, 3.05) is 18.0 Å². The van der Waals surface area contributed by atoms with Crippen LogP contribution in [-0.2, 0) is 11.3 Å². The second-order valence-electron chi connectivity index (χ2n) is 6.30. The fraction of sp³-hybridized carbons (Fsp3) is 0.136. The van der Waals surface area contributed by atoms with Crippen molar-refractivity contribution < 1.29 is 19.4 Å². The molecule has 0 atom stereocenters. The zero-order chi connectivity index (χ0) is 21.3. The normalized spacial score (nSPS) is 10.3. The summed E-state index contributed by atoms with van der Waals surface area (Å²) in [5.41, 5.74) is 2.56. The van der Waals surface area contributed by atoms with Gasteiger partial charge in [-0.2, -0.15) is 0 Å². The molecular formula is C22H20ClN3O4. The number of hydrogen-bond acceptors (Lipinski definition) is 4. The highest BCUT2D eigenvalue weighted by atomic mass is 35.5. The first kappa shape index (κ1) is 21.1. The Bertz CT molecular complexity index is 1010. The first-order valence-corrected chi connectivity index (χ1v) is 9.58. The molecule has 0 aliphatic rings. The van der Waals surface area contributed by atoms with Crippen LogP contribution in [0.4, 0.5) is 15.3 Å². The summed E-state index contributed by atoms with van der Waals surface area (Å²) in [6, 6.07) is 18.1. The third-order valence-corrected chi connectivity index (χ3v) is 4.63. The molecule has 3 aromatic rings. The maximum Gasteiger partial charge on any atom is 0.411 e. The minimum Gasteiger partial charge on any atom is -0.465 e. The van der Waals surface area contributed by atoms with Crippen molar-refractivity contribution in [2.45, 2.75) is 6.61 Å². The van der Waals surface area contributed by atoms with Crippen LogP contribution in [-0.4, -0.2) is 35.4 Å². The summed E-state index contributed by atoms with van der Waals surface area (Å²) in [7, 11) is 0. The molecule has 8 heteroatoms. The summed E-state index contributed by atoms with van der Waals surface area (Å²) in [5, 5.41) is 12.8. The number of aromatic nitrogens is 1. The van der Waals surface area contributed by atoms with Crippen molar-refractivity contribution in [1.29, 1.82) is 0 Å². The van der Waals surface area contributed by atoms with Crippen LogP contribution in [0.2, 0.25) is 5.02 Å². The SMILES string of the molecule is O=C(NCCN(C(=O)O)c1cnccc1-c1ccccc1Cl)OCc1ccccc1. The number of ether oxygens (including phenoxy) is 1. The number of benzene rings is 2. The Morgan fingerprint density at radius 3 is 2.50 bits per heavy atom. The van der Waals surface area contributed by atoms with Gasteiger partial charge in [0.25, 0.3) is 0 Å². The van der Waals surface area contributed by atoms with Gasteiger partial charge in [-0.05, 0) is 17.7 Å². The van der Waals surface area contributed by atoms with E-state index in [1.807, 2.05) is 36.4 Å². The predicted molar refractivity (Wildman–Crippen MR) is 115 cm³/mol. The predicted octanol–water partition coefficient (Wildman–Crippen LogP) is 4.81. The van der Waals surface area contributed by atoms with E-state index in [-0.39, 0.29) is 19.7 Å². The van der Waals surface area contributed by atoms with Crippen molar-refractivity contribution in [1.82, 2.24) is 10.3 Å². The second-order valence-corrected chi connectivity index (χ2v) is 6.70. The summed E-state index contributed by atoms with van der Waals surface area (Å²) in [5.74, 6) is 0. The monoisotopic (exact) mass is 425 g/mol. The molecule has 0 aliphatic carbocycles. The molecule has 154 valence electrons. The molecule has 0 saturated carbocycles. The third kappa shape index (κ3) is 5.48. The maximum atomic E-state index is 11.9. The van der Waals surface area contributed by atoms with Gasteiger partial charge in [-0.25, -0.2) is 9.59 Å². The molecule has 0 spiro atoms. The average Bonchev–Trinajstić information content (AvgIpc) is 2.76. The molecule has 2 amide bonds. The molecule has 1 heterocycles. The minimum absolute atomic E-state index is 0.0128. The zero-order valence-electron chi connectivity index (χ0n) is 16.0. The van der Waals surface area contributed by atoms with Gasteiger partial charge in [-0.3, -0.25) is 9.88 Å². The molecule has 0 fully saturated rings. The minimum atomic E-state index is -1.17. The molecule has 0 aliphatic heterocycles. The number of pyridine rings is 1. The molecule has 1 aromatic heterocycles. The number of carbonyl (C=O) groups is 2. The number of alkyl carbamates (subject to hydrolysis) is 1. The quantitative estimate of drug-likeness (QED) is 0.566. The van der Waals surface area contributed by atoms with E-state index in [2.05, 4.69) is 10.3 Å². The van der Waals surface area contributed by atoms with Crippen LogP contribution in [0.3, 0.4) is 0 Å². The van der Waals surface area contributed by atoms with E-state index in [0.717, 1.165) is 10.5 Å². The topological polar surface area (TPSA) is 91.8 Å². The summed E-state index contributed by atoms with van der Waals surface area (Å²) in [6.07, 6.45) is 1.24. The van der Waals surface area contributed by atoms with Crippen LogP contribution >= 0.6 is 11.6 Å². The average molecular weight is 426 g/mol. The molecular weight excluding hydrogens is 406 g/mol. The molecule has 2 N–H and O–H groups in total. The van der Waals surface area contributed by atoms with E-state index in [0.29, 0.717) is 21.8 Å². The molecule has 0 saturated heterocycles. The van der Waals surface area contributed by atoms with Gasteiger partial charge in [0.05, 0.1) is 11.9 Å². The Balaban J connectivity index is 1.65. The first-order chi connectivity index (χ1) is 14.6. The largest absolute Gasteiger partial charge is 0.465 e. The molecule has 0 unspecified atom stereocenters. The Morgan fingerprint density at radius 1 is 1.03 bits per heavy atom. The number of anilines is 1. The van der Waals surface area contributed by atoms with Crippen LogP contribution in [0.25, 0.3) is 11.1 Å². The molecule has 2 aromatic carbocycles. The molecule has 0 bridgehead atoms. The van der Waals surface area contributed by atoms with E-state index >= 15 is 0 Å². The number of carbonyl (C=O) groups excluding carboxylic acids is 1. The van der Waals surface area contributed by atoms with Gasteiger partial charge < -0.3 is 15.2 Å². The van der Waals surface area contributed by atoms with Crippen molar-refractivity contribution in [2.24, 2.45) is 0 Å². The number of hydrogen-bond donors (Lipinski definition) is 2. The lowest BCUT2D eigenvalue weighted by atomic mass is 10.0. The fourth-order valence-electron chi connectivity index (χ4n) is 2.87. The van der Waals surface area contributed by atoms with Gasteiger partial charge in [0, 0.05) is 35.4 Å². The summed E-state index contributed by atoms with van der Waals surface area (Å²) in [6.45, 7) is 0.213. The number of halogens is 1. The van der Waals surface area contributed by atoms with Crippen molar-refractivity contribution >= 4 is 29.5 Å². The van der Waals surface area contributed by atoms with Crippen LogP contribution in [0.1, 0.15) is 5.56 Å². The number of nitrogens with one attached hydrogen (secondary N) is 1. The van der Waals surface area contributed by atoms with Crippen molar-refractivity contribution in [3.8, 4) is 11.1 Å². The number of nitrogens with zero attached hydrogens (tertiary/aromatic N) is 2. The van der Waals surface area contributed by atoms with Crippen molar-refractivity contribution in [3.05, 3.63) is 83.6 Å². The third-order valence-electron chi connectivity index (χ3n) is 4.30. The summed E-state index contributed by atoms with van der Waals surface area (Å²) in [4.78, 5) is 28.9. The van der Waals surface area contributed by atoms with Crippen molar-refractivity contribution in [3.63, 3.8) is 0 Å². The first-order valence-electron chi connectivity index (χ1n) is 9.20. The van der Waals surface area contributed by atoms with Crippen LogP contribution in [0, 0.1) is 0 Å². The Hall–Kier alpha value is -3.58. The highest BCUT2D eigenvalue weighted by molar-refractivity contribution is 6.33. The van der Waals surface area contributed by atoms with Crippen LogP contribution in [0.15, 0.2) is 73.1 Å². The summed E-state index contributed by atoms with van der Waals surface area (Å²) >= 11 is 6.29. The number of rotatable bonds is 7. The standard InChI is InChI=1S/C22H20ClN3O4/c23-19-9-5-4-8-17(19)18-10-11-24-14-20(18)26(22(28)29)13-12-25-21(27)30-15-16-6-2-1-3-7-16/h1-11,14H,12-13,15H2,(H,25,27)(H,28,29). The maximum absolute atomic E-state index is 11.9. The van der Waals surface area contributed by atoms with Gasteiger partial charge >= 0.3 is 12.2 Å². The van der Waals surface area contributed by atoms with Crippen LogP contribution < -0.4 is 10.2 Å². The highest BCUT2D eigenvalue weighted by Gasteiger charge is 2.20. The number of carboxylic acid groups (broad SMARTS) is 1. The smallest absolute Gasteiger partial charge is 0.411 e. The van der Waals surface area contributed by atoms with E-state index in [1.165, 1.54) is 6.20 Å². The van der Waals surface area contributed by atoms with Crippen LogP contribution in [0.5, 0.6) is 0 Å². The fourth-order valence-corrected chi connectivity index (χ4v) is 3.11. The second kappa shape index (κ2) is 10.3. The lowest BCUT2D eigenvalue weighted by Crippen LogP contribution is -2.38. The summed E-state index contributed by atoms with van der Waals surface area (Å²) < 4.78 is 5.14. The zero-order valence-corrected chi connectivity index (χ0v) is 16.7. The Kier molecular flexibility index (Phi) is 7.24. The van der Waals surface area contributed by atoms with Gasteiger partial charge in [-0.15, -0.1) is 0 Å². The van der Waals surface area contributed by atoms with E-state index < -0.39 is 12.2 Å². The lowest BCUT2D eigenvalue weighted by molar-refractivity contribution is 0.139. The number of amides is 2. The van der Waals surface area contributed by atoms with Gasteiger partial charge in [0.1, 0.15) is 6.61 Å². The highest BCUT2D eigenvalue weighted by Crippen LogP contribution is 2.34. The van der Waals surface area contributed by atoms with Gasteiger partial charge in [0.15, 0.2) is 0 Å². The van der Waals surface area contributed by atoms with Gasteiger partial charge in [0.2, 0.25) is 0 Å². The molecule has 30 heavy (non-hydrogen) atoms. The Morgan fingerprint density at radius 2 is 1.77 bits per heavy atom. The van der Waals surface area contributed by atoms with E-state index in [1.54, 1.807) is 30.5 Å².